The van der Waals surface area contributed by atoms with Crippen LogP contribution in [0.3, 0.4) is 0 Å². The summed E-state index contributed by atoms with van der Waals surface area (Å²) in [5, 5.41) is 21.3. The van der Waals surface area contributed by atoms with Crippen molar-refractivity contribution in [2.45, 2.75) is 65.3 Å². The summed E-state index contributed by atoms with van der Waals surface area (Å²) in [7, 11) is 3.50. The van der Waals surface area contributed by atoms with Gasteiger partial charge in [0.1, 0.15) is 5.60 Å². The summed E-state index contributed by atoms with van der Waals surface area (Å²) in [5.74, 6) is 0. The maximum atomic E-state index is 11.9. The first-order valence-electron chi connectivity index (χ1n) is 15.1. The molecule has 1 aliphatic heterocycles. The van der Waals surface area contributed by atoms with E-state index in [1.54, 1.807) is 21.8 Å². The number of aromatic amines is 1. The van der Waals surface area contributed by atoms with Crippen molar-refractivity contribution in [2.75, 3.05) is 0 Å². The molecule has 2 aromatic carbocycles. The van der Waals surface area contributed by atoms with E-state index in [4.69, 9.17) is 14.0 Å². The van der Waals surface area contributed by atoms with E-state index in [1.165, 1.54) is 4.68 Å². The Balaban J connectivity index is 0.000000139. The van der Waals surface area contributed by atoms with E-state index in [1.807, 2.05) is 106 Å². The van der Waals surface area contributed by atoms with E-state index in [2.05, 4.69) is 59.6 Å². The molecule has 0 bridgehead atoms. The number of aryl methyl sites for hydroxylation is 2. The molecule has 0 unspecified atom stereocenters. The molecule has 0 aliphatic carbocycles. The summed E-state index contributed by atoms with van der Waals surface area (Å²) < 4.78 is 22.8. The molecule has 1 aliphatic rings. The number of nitrogens with zero attached hydrogens (tertiary/aromatic N) is 7. The Hall–Kier alpha value is -4.27. The molecular formula is C33H40BBrN8O4. The summed E-state index contributed by atoms with van der Waals surface area (Å²) in [6.45, 7) is 13.7. The molecule has 1 saturated heterocycles. The van der Waals surface area contributed by atoms with Gasteiger partial charge in [0.05, 0.1) is 40.8 Å². The fraction of sp³-hybridized carbons (Fsp3) is 0.364. The minimum absolute atomic E-state index is 0.284. The van der Waals surface area contributed by atoms with Crippen LogP contribution in [0.4, 0.5) is 4.79 Å². The van der Waals surface area contributed by atoms with E-state index in [0.717, 1.165) is 42.9 Å². The van der Waals surface area contributed by atoms with Crippen LogP contribution < -0.4 is 5.46 Å². The number of carbonyl (C=O) groups excluding carboxylic acids is 1. The highest BCUT2D eigenvalue weighted by Gasteiger charge is 2.52. The summed E-state index contributed by atoms with van der Waals surface area (Å²) >= 11 is 3.37. The quantitative estimate of drug-likeness (QED) is 0.210. The molecule has 47 heavy (non-hydrogen) atoms. The van der Waals surface area contributed by atoms with Crippen molar-refractivity contribution in [3.63, 3.8) is 0 Å². The van der Waals surface area contributed by atoms with Crippen molar-refractivity contribution in [1.82, 2.24) is 39.5 Å². The Morgan fingerprint density at radius 1 is 0.851 bits per heavy atom. The van der Waals surface area contributed by atoms with E-state index in [0.29, 0.717) is 0 Å². The number of rotatable bonds is 2. The topological polar surface area (TPSA) is 127 Å². The molecule has 12 nitrogen and oxygen atoms in total. The number of benzene rings is 2. The molecule has 4 aromatic heterocycles. The Morgan fingerprint density at radius 2 is 1.51 bits per heavy atom. The van der Waals surface area contributed by atoms with Gasteiger partial charge in [-0.2, -0.15) is 25.1 Å². The average molecular weight is 703 g/mol. The third-order valence-electron chi connectivity index (χ3n) is 7.83. The van der Waals surface area contributed by atoms with Crippen molar-refractivity contribution in [1.29, 1.82) is 0 Å². The molecule has 0 amide bonds. The smallest absolute Gasteiger partial charge is 0.442 e. The summed E-state index contributed by atoms with van der Waals surface area (Å²) in [6.07, 6.45) is 10.6. The molecule has 1 fully saturated rings. The van der Waals surface area contributed by atoms with Gasteiger partial charge in [-0.1, -0.05) is 34.1 Å². The minimum Gasteiger partial charge on any atom is -0.442 e. The lowest BCUT2D eigenvalue weighted by Crippen LogP contribution is -2.41. The third-order valence-corrected chi connectivity index (χ3v) is 8.32. The van der Waals surface area contributed by atoms with Crippen molar-refractivity contribution in [3.8, 4) is 11.1 Å². The molecule has 14 heteroatoms. The molecular weight excluding hydrogens is 663 g/mol. The molecule has 0 atom stereocenters. The van der Waals surface area contributed by atoms with E-state index >= 15 is 0 Å². The number of ether oxygens (including phenoxy) is 1. The van der Waals surface area contributed by atoms with Gasteiger partial charge >= 0.3 is 13.2 Å². The fourth-order valence-electron chi connectivity index (χ4n) is 4.67. The number of halogens is 1. The van der Waals surface area contributed by atoms with Crippen LogP contribution in [0.25, 0.3) is 32.9 Å². The van der Waals surface area contributed by atoms with E-state index < -0.39 is 11.7 Å². The second-order valence-corrected chi connectivity index (χ2v) is 14.3. The fourth-order valence-corrected chi connectivity index (χ4v) is 5.02. The summed E-state index contributed by atoms with van der Waals surface area (Å²) in [4.78, 5) is 11.9. The molecule has 1 N–H and O–H groups in total. The number of H-pyrrole nitrogens is 1. The largest absolute Gasteiger partial charge is 0.498 e. The van der Waals surface area contributed by atoms with Crippen molar-refractivity contribution < 1.29 is 18.8 Å². The number of nitrogens with one attached hydrogen (secondary N) is 1. The molecule has 5 heterocycles. The van der Waals surface area contributed by atoms with Crippen LogP contribution in [-0.2, 0) is 28.1 Å². The van der Waals surface area contributed by atoms with Gasteiger partial charge in [0.25, 0.3) is 0 Å². The van der Waals surface area contributed by atoms with Gasteiger partial charge in [-0.25, -0.2) is 4.79 Å². The first-order chi connectivity index (χ1) is 22.0. The van der Waals surface area contributed by atoms with Crippen molar-refractivity contribution in [3.05, 3.63) is 78.1 Å². The highest BCUT2D eigenvalue weighted by atomic mass is 79.9. The van der Waals surface area contributed by atoms with Gasteiger partial charge in [-0.15, -0.1) is 0 Å². The van der Waals surface area contributed by atoms with Crippen molar-refractivity contribution >= 4 is 56.4 Å². The van der Waals surface area contributed by atoms with Gasteiger partial charge < -0.3 is 14.0 Å². The molecule has 246 valence electrons. The normalized spacial score (nSPS) is 15.2. The number of carbonyl (C=O) groups is 1. The third kappa shape index (κ3) is 8.00. The molecule has 0 spiro atoms. The highest BCUT2D eigenvalue weighted by Crippen LogP contribution is 2.36. The average Bonchev–Trinajstić information content (AvgIpc) is 3.80. The lowest BCUT2D eigenvalue weighted by molar-refractivity contribution is 0.00578. The molecule has 0 saturated carbocycles. The second kappa shape index (κ2) is 13.1. The van der Waals surface area contributed by atoms with Gasteiger partial charge in [-0.3, -0.25) is 14.5 Å². The van der Waals surface area contributed by atoms with Crippen LogP contribution in [0.5, 0.6) is 0 Å². The van der Waals surface area contributed by atoms with Gasteiger partial charge in [0.15, 0.2) is 0 Å². The van der Waals surface area contributed by atoms with E-state index in [-0.39, 0.29) is 18.3 Å². The number of aromatic nitrogens is 8. The molecule has 6 aromatic rings. The lowest BCUT2D eigenvalue weighted by Gasteiger charge is -2.32. The number of fused-ring (bicyclic) bond motifs is 2. The maximum absolute atomic E-state index is 11.9. The van der Waals surface area contributed by atoms with Gasteiger partial charge in [0, 0.05) is 59.0 Å². The van der Waals surface area contributed by atoms with Crippen molar-refractivity contribution in [2.24, 2.45) is 14.1 Å². The predicted octanol–water partition coefficient (Wildman–Crippen LogP) is 6.26. The zero-order valence-corrected chi connectivity index (χ0v) is 29.7. The molecule has 7 rings (SSSR count). The lowest BCUT2D eigenvalue weighted by atomic mass is 9.82. The van der Waals surface area contributed by atoms with Crippen LogP contribution in [0, 0.1) is 0 Å². The Labute approximate surface area is 282 Å². The number of hydrogen-bond donors (Lipinski definition) is 1. The zero-order valence-electron chi connectivity index (χ0n) is 28.1. The van der Waals surface area contributed by atoms with Crippen LogP contribution >= 0.6 is 15.9 Å². The predicted molar refractivity (Wildman–Crippen MR) is 186 cm³/mol. The zero-order chi connectivity index (χ0) is 34.1. The standard InChI is InChI=1S/C12H13BrN2O2.C11H10N4.C10H17BN2O2/c1-12(2,3)17-11(16)15-10-6-9(13)5-4-8(10)7-14-15;1-15-7-10(6-13-15)8-2-3-9-5-12-14-11(9)4-8;1-9(2)10(3,4)15-11(14-9)8-6-12-13(5)7-8/h4-7H,1-3H3;2-7H,1H3,(H,12,14);6-7H,1-5H3. The maximum Gasteiger partial charge on any atom is 0.498 e. The Morgan fingerprint density at radius 3 is 2.13 bits per heavy atom. The van der Waals surface area contributed by atoms with Crippen LogP contribution in [0.2, 0.25) is 0 Å². The highest BCUT2D eigenvalue weighted by molar-refractivity contribution is 9.10. The SMILES string of the molecule is CC(C)(C)OC(=O)n1ncc2ccc(Br)cc21.Cn1cc(-c2ccc3cn[nH]c3c2)cn1.Cn1cc(B2OC(C)(C)C(C)(C)O2)cn1. The van der Waals surface area contributed by atoms with Gasteiger partial charge in [0.2, 0.25) is 0 Å². The van der Waals surface area contributed by atoms with Crippen LogP contribution in [0.15, 0.2) is 78.1 Å². The number of hydrogen-bond acceptors (Lipinski definition) is 8. The van der Waals surface area contributed by atoms with Crippen LogP contribution in [0.1, 0.15) is 48.5 Å². The van der Waals surface area contributed by atoms with E-state index in [9.17, 15) is 4.79 Å². The minimum atomic E-state index is -0.526. The Bertz CT molecular complexity index is 1990. The van der Waals surface area contributed by atoms with Crippen LogP contribution in [-0.4, -0.2) is 69.6 Å². The molecule has 0 radical (unpaired) electrons. The van der Waals surface area contributed by atoms with Gasteiger partial charge in [-0.05, 0) is 72.2 Å². The summed E-state index contributed by atoms with van der Waals surface area (Å²) in [6, 6.07) is 11.9. The first kappa shape index (κ1) is 34.1. The first-order valence-corrected chi connectivity index (χ1v) is 15.9. The summed E-state index contributed by atoms with van der Waals surface area (Å²) in [5.41, 5.74) is 3.93. The second-order valence-electron chi connectivity index (χ2n) is 13.4. The Kier molecular flexibility index (Phi) is 9.49. The monoisotopic (exact) mass is 702 g/mol.